The largest absolute Gasteiger partial charge is 0.480 e. The number of hydrogen-bond acceptors (Lipinski definition) is 6. The molecule has 0 aliphatic heterocycles. The second-order valence-electron chi connectivity index (χ2n) is 4.16. The third-order valence-electron chi connectivity index (χ3n) is 3.04. The lowest BCUT2D eigenvalue weighted by atomic mass is 9.77. The lowest BCUT2D eigenvalue weighted by molar-refractivity contribution is -0.145. The van der Waals surface area contributed by atoms with Crippen molar-refractivity contribution in [2.24, 2.45) is 0 Å². The Kier molecular flexibility index (Phi) is 3.14. The average molecular weight is 251 g/mol. The molecule has 0 aromatic carbocycles. The van der Waals surface area contributed by atoms with Crippen LogP contribution >= 0.6 is 0 Å². The summed E-state index contributed by atoms with van der Waals surface area (Å²) in [6, 6.07) is 2.96. The smallest absolute Gasteiger partial charge is 0.358 e. The van der Waals surface area contributed by atoms with Crippen molar-refractivity contribution < 1.29 is 19.4 Å². The lowest BCUT2D eigenvalue weighted by Crippen LogP contribution is -2.52. The minimum Gasteiger partial charge on any atom is -0.480 e. The number of carboxylic acids is 1. The number of rotatable bonds is 4. The standard InChI is InChI=1S/C11H13N3O4/c1-18-9(15)7-3-4-8(14-13-7)12-11(10(16)17)5-2-6-11/h3-4H,2,5-6H2,1H3,(H,12,14)(H,16,17). The number of carbonyl (C=O) groups excluding carboxylic acids is 1. The first-order chi connectivity index (χ1) is 8.57. The third kappa shape index (κ3) is 2.11. The Morgan fingerprint density at radius 1 is 1.39 bits per heavy atom. The number of aromatic nitrogens is 2. The Balaban J connectivity index is 2.11. The van der Waals surface area contributed by atoms with Gasteiger partial charge in [-0.2, -0.15) is 0 Å². The van der Waals surface area contributed by atoms with Crippen LogP contribution in [0.15, 0.2) is 12.1 Å². The van der Waals surface area contributed by atoms with Gasteiger partial charge >= 0.3 is 11.9 Å². The Hall–Kier alpha value is -2.18. The van der Waals surface area contributed by atoms with Crippen molar-refractivity contribution in [3.8, 4) is 0 Å². The summed E-state index contributed by atoms with van der Waals surface area (Å²) in [5.41, 5.74) is -0.859. The van der Waals surface area contributed by atoms with Crippen LogP contribution in [-0.4, -0.2) is 39.9 Å². The van der Waals surface area contributed by atoms with E-state index >= 15 is 0 Å². The fraction of sp³-hybridized carbons (Fsp3) is 0.455. The molecule has 1 heterocycles. The maximum atomic E-state index is 11.1. The molecule has 96 valence electrons. The monoisotopic (exact) mass is 251 g/mol. The van der Waals surface area contributed by atoms with Gasteiger partial charge in [0.05, 0.1) is 7.11 Å². The molecule has 1 saturated carbocycles. The van der Waals surface area contributed by atoms with Gasteiger partial charge in [-0.25, -0.2) is 9.59 Å². The zero-order chi connectivity index (χ0) is 13.2. The Morgan fingerprint density at radius 3 is 2.50 bits per heavy atom. The number of carboxylic acid groups (broad SMARTS) is 1. The molecule has 2 N–H and O–H groups in total. The summed E-state index contributed by atoms with van der Waals surface area (Å²) in [6.45, 7) is 0. The first-order valence-electron chi connectivity index (χ1n) is 5.51. The van der Waals surface area contributed by atoms with Crippen molar-refractivity contribution in [1.82, 2.24) is 10.2 Å². The van der Waals surface area contributed by atoms with Crippen LogP contribution in [0.3, 0.4) is 0 Å². The Morgan fingerprint density at radius 2 is 2.11 bits per heavy atom. The number of nitrogens with one attached hydrogen (secondary N) is 1. The van der Waals surface area contributed by atoms with Crippen LogP contribution in [0.25, 0.3) is 0 Å². The number of carbonyl (C=O) groups is 2. The molecule has 1 aromatic heterocycles. The summed E-state index contributed by atoms with van der Waals surface area (Å²) in [7, 11) is 1.25. The van der Waals surface area contributed by atoms with Gasteiger partial charge in [-0.15, -0.1) is 10.2 Å². The molecule has 7 nitrogen and oxygen atoms in total. The highest BCUT2D eigenvalue weighted by Gasteiger charge is 2.44. The molecule has 1 aromatic rings. The molecule has 2 rings (SSSR count). The predicted octanol–water partition coefficient (Wildman–Crippen LogP) is 0.682. The molecule has 0 bridgehead atoms. The summed E-state index contributed by atoms with van der Waals surface area (Å²) in [4.78, 5) is 22.3. The zero-order valence-corrected chi connectivity index (χ0v) is 9.84. The van der Waals surface area contributed by atoms with E-state index < -0.39 is 17.5 Å². The molecule has 1 aliphatic rings. The fourth-order valence-electron chi connectivity index (χ4n) is 1.78. The highest BCUT2D eigenvalue weighted by molar-refractivity contribution is 5.87. The average Bonchev–Trinajstić information content (AvgIpc) is 2.33. The number of aliphatic carboxylic acids is 1. The molecule has 0 amide bonds. The van der Waals surface area contributed by atoms with Gasteiger partial charge in [0, 0.05) is 0 Å². The number of nitrogens with zero attached hydrogens (tertiary/aromatic N) is 2. The molecule has 1 aliphatic carbocycles. The maximum Gasteiger partial charge on any atom is 0.358 e. The highest BCUT2D eigenvalue weighted by atomic mass is 16.5. The van der Waals surface area contributed by atoms with Crippen molar-refractivity contribution in [2.45, 2.75) is 24.8 Å². The highest BCUT2D eigenvalue weighted by Crippen LogP contribution is 2.34. The number of hydrogen-bond donors (Lipinski definition) is 2. The lowest BCUT2D eigenvalue weighted by Gasteiger charge is -2.38. The van der Waals surface area contributed by atoms with Crippen molar-refractivity contribution >= 4 is 17.8 Å². The molecule has 0 unspecified atom stereocenters. The van der Waals surface area contributed by atoms with E-state index in [4.69, 9.17) is 5.11 Å². The summed E-state index contributed by atoms with van der Waals surface area (Å²) in [5.74, 6) is -1.14. The van der Waals surface area contributed by atoms with E-state index in [1.54, 1.807) is 0 Å². The van der Waals surface area contributed by atoms with E-state index in [1.165, 1.54) is 19.2 Å². The van der Waals surface area contributed by atoms with Crippen molar-refractivity contribution in [2.75, 3.05) is 12.4 Å². The van der Waals surface area contributed by atoms with Gasteiger partial charge in [0.15, 0.2) is 5.69 Å². The Labute approximate surface area is 103 Å². The van der Waals surface area contributed by atoms with E-state index in [1.807, 2.05) is 0 Å². The molecular weight excluding hydrogens is 238 g/mol. The topological polar surface area (TPSA) is 101 Å². The number of esters is 1. The third-order valence-corrected chi connectivity index (χ3v) is 3.04. The fourth-order valence-corrected chi connectivity index (χ4v) is 1.78. The van der Waals surface area contributed by atoms with Crippen molar-refractivity contribution in [3.05, 3.63) is 17.8 Å². The second kappa shape index (κ2) is 4.59. The minimum absolute atomic E-state index is 0.0843. The molecule has 7 heteroatoms. The summed E-state index contributed by atoms with van der Waals surface area (Å²) < 4.78 is 4.49. The van der Waals surface area contributed by atoms with Crippen LogP contribution in [0, 0.1) is 0 Å². The van der Waals surface area contributed by atoms with Crippen molar-refractivity contribution in [1.29, 1.82) is 0 Å². The van der Waals surface area contributed by atoms with E-state index in [0.29, 0.717) is 18.7 Å². The molecule has 0 spiro atoms. The second-order valence-corrected chi connectivity index (χ2v) is 4.16. The van der Waals surface area contributed by atoms with Crippen LogP contribution in [0.5, 0.6) is 0 Å². The molecular formula is C11H13N3O4. The molecule has 1 fully saturated rings. The molecule has 18 heavy (non-hydrogen) atoms. The van der Waals surface area contributed by atoms with Crippen LogP contribution in [-0.2, 0) is 9.53 Å². The van der Waals surface area contributed by atoms with Gasteiger partial charge in [0.25, 0.3) is 0 Å². The van der Waals surface area contributed by atoms with E-state index in [0.717, 1.165) is 6.42 Å². The summed E-state index contributed by atoms with van der Waals surface area (Å²) >= 11 is 0. The van der Waals surface area contributed by atoms with Crippen LogP contribution in [0.2, 0.25) is 0 Å². The quantitative estimate of drug-likeness (QED) is 0.759. The number of anilines is 1. The van der Waals surface area contributed by atoms with Gasteiger partial charge in [-0.3, -0.25) is 0 Å². The molecule has 0 atom stereocenters. The summed E-state index contributed by atoms with van der Waals surface area (Å²) in [6.07, 6.45) is 1.98. The SMILES string of the molecule is COC(=O)c1ccc(NC2(C(=O)O)CCC2)nn1. The normalized spacial score (nSPS) is 16.5. The summed E-state index contributed by atoms with van der Waals surface area (Å²) in [5, 5.41) is 19.4. The first-order valence-corrected chi connectivity index (χ1v) is 5.51. The van der Waals surface area contributed by atoms with Crippen LogP contribution < -0.4 is 5.32 Å². The zero-order valence-electron chi connectivity index (χ0n) is 9.84. The Bertz CT molecular complexity index is 468. The minimum atomic E-state index is -0.943. The van der Waals surface area contributed by atoms with Crippen molar-refractivity contribution in [3.63, 3.8) is 0 Å². The number of ether oxygens (including phenoxy) is 1. The van der Waals surface area contributed by atoms with Gasteiger partial charge in [0.2, 0.25) is 0 Å². The van der Waals surface area contributed by atoms with Gasteiger partial charge < -0.3 is 15.2 Å². The maximum absolute atomic E-state index is 11.1. The van der Waals surface area contributed by atoms with Gasteiger partial charge in [-0.05, 0) is 31.4 Å². The van der Waals surface area contributed by atoms with E-state index in [2.05, 4.69) is 20.3 Å². The van der Waals surface area contributed by atoms with Crippen LogP contribution in [0.1, 0.15) is 29.8 Å². The molecule has 0 saturated heterocycles. The molecule has 0 radical (unpaired) electrons. The number of methoxy groups -OCH3 is 1. The van der Waals surface area contributed by atoms with E-state index in [9.17, 15) is 9.59 Å². The van der Waals surface area contributed by atoms with Gasteiger partial charge in [0.1, 0.15) is 11.4 Å². The first kappa shape index (κ1) is 12.3. The van der Waals surface area contributed by atoms with E-state index in [-0.39, 0.29) is 5.69 Å². The predicted molar refractivity (Wildman–Crippen MR) is 61.2 cm³/mol. The van der Waals surface area contributed by atoms with Crippen LogP contribution in [0.4, 0.5) is 5.82 Å². The van der Waals surface area contributed by atoms with Gasteiger partial charge in [-0.1, -0.05) is 0 Å².